The lowest BCUT2D eigenvalue weighted by atomic mass is 10.1. The summed E-state index contributed by atoms with van der Waals surface area (Å²) in [4.78, 5) is 0. The molecule has 1 heterocycles. The van der Waals surface area contributed by atoms with Gasteiger partial charge in [-0.25, -0.2) is 0 Å². The summed E-state index contributed by atoms with van der Waals surface area (Å²) in [5.74, 6) is 1.10. The lowest BCUT2D eigenvalue weighted by molar-refractivity contribution is 0.569. The third-order valence-corrected chi connectivity index (χ3v) is 5.97. The van der Waals surface area contributed by atoms with Crippen LogP contribution in [0, 0.1) is 5.92 Å². The molecule has 1 saturated heterocycles. The molecular weight excluding hydrogens is 124 g/mol. The van der Waals surface area contributed by atoms with Crippen LogP contribution in [0.25, 0.3) is 0 Å². The monoisotopic (exact) mass is 142 g/mol. The summed E-state index contributed by atoms with van der Waals surface area (Å²) in [6, 6.07) is 3.19. The Morgan fingerprint density at radius 2 is 2.11 bits per heavy atom. The first-order valence-corrected chi connectivity index (χ1v) is 7.55. The van der Waals surface area contributed by atoms with Crippen LogP contribution in [0.1, 0.15) is 19.8 Å². The van der Waals surface area contributed by atoms with E-state index < -0.39 is 8.07 Å². The Balaban J connectivity index is 2.38. The molecule has 0 aromatic heterocycles. The van der Waals surface area contributed by atoms with Crippen LogP contribution in [0.15, 0.2) is 0 Å². The molecule has 1 unspecified atom stereocenters. The van der Waals surface area contributed by atoms with E-state index in [-0.39, 0.29) is 0 Å². The standard InChI is InChI=1S/C8H18Si/c1-4-8-5-6-9(2,3)7-8/h8H,4-7H2,1-3H3. The van der Waals surface area contributed by atoms with Gasteiger partial charge in [0.25, 0.3) is 0 Å². The van der Waals surface area contributed by atoms with Crippen LogP contribution in [-0.2, 0) is 0 Å². The summed E-state index contributed by atoms with van der Waals surface area (Å²) < 4.78 is 0. The highest BCUT2D eigenvalue weighted by molar-refractivity contribution is 6.78. The molecule has 1 heteroatoms. The van der Waals surface area contributed by atoms with Crippen molar-refractivity contribution in [2.45, 2.75) is 44.9 Å². The van der Waals surface area contributed by atoms with Gasteiger partial charge in [0.15, 0.2) is 0 Å². The van der Waals surface area contributed by atoms with Crippen molar-refractivity contribution < 1.29 is 0 Å². The average molecular weight is 142 g/mol. The first-order valence-electron chi connectivity index (χ1n) is 4.14. The van der Waals surface area contributed by atoms with Gasteiger partial charge in [-0.2, -0.15) is 0 Å². The van der Waals surface area contributed by atoms with E-state index in [1.807, 2.05) is 0 Å². The molecule has 0 amide bonds. The second-order valence-electron chi connectivity index (χ2n) is 4.18. The van der Waals surface area contributed by atoms with Crippen molar-refractivity contribution in [3.63, 3.8) is 0 Å². The molecule has 0 bridgehead atoms. The van der Waals surface area contributed by atoms with Gasteiger partial charge < -0.3 is 0 Å². The van der Waals surface area contributed by atoms with Crippen LogP contribution in [0.2, 0.25) is 25.2 Å². The fourth-order valence-corrected chi connectivity index (χ4v) is 5.38. The zero-order valence-electron chi connectivity index (χ0n) is 6.91. The van der Waals surface area contributed by atoms with Crippen LogP contribution in [-0.4, -0.2) is 8.07 Å². The fraction of sp³-hybridized carbons (Fsp3) is 1.00. The minimum atomic E-state index is -0.624. The smallest absolute Gasteiger partial charge is 0.0476 e. The van der Waals surface area contributed by atoms with Crippen molar-refractivity contribution in [3.05, 3.63) is 0 Å². The quantitative estimate of drug-likeness (QED) is 0.493. The van der Waals surface area contributed by atoms with Crippen LogP contribution in [0.3, 0.4) is 0 Å². The van der Waals surface area contributed by atoms with E-state index in [0.717, 1.165) is 5.92 Å². The Morgan fingerprint density at radius 3 is 2.33 bits per heavy atom. The minimum absolute atomic E-state index is 0.624. The van der Waals surface area contributed by atoms with E-state index in [0.29, 0.717) is 0 Å². The molecule has 0 aliphatic carbocycles. The first kappa shape index (κ1) is 7.33. The maximum atomic E-state index is 2.53. The summed E-state index contributed by atoms with van der Waals surface area (Å²) in [6.45, 7) is 7.39. The molecule has 0 spiro atoms. The van der Waals surface area contributed by atoms with Crippen molar-refractivity contribution in [2.24, 2.45) is 5.92 Å². The molecule has 0 aromatic carbocycles. The van der Waals surface area contributed by atoms with Gasteiger partial charge in [-0.1, -0.05) is 44.9 Å². The van der Waals surface area contributed by atoms with Gasteiger partial charge in [0.2, 0.25) is 0 Å². The van der Waals surface area contributed by atoms with E-state index in [1.165, 1.54) is 12.8 Å². The summed E-state index contributed by atoms with van der Waals surface area (Å²) in [5, 5.41) is 0. The maximum absolute atomic E-state index is 2.53. The van der Waals surface area contributed by atoms with Gasteiger partial charge in [-0.05, 0) is 5.92 Å². The zero-order valence-corrected chi connectivity index (χ0v) is 7.91. The SMILES string of the molecule is CCC1CC[Si](C)(C)C1. The Bertz CT molecular complexity index is 96.7. The predicted molar refractivity (Wildman–Crippen MR) is 45.5 cm³/mol. The van der Waals surface area contributed by atoms with Gasteiger partial charge >= 0.3 is 0 Å². The Labute approximate surface area is 59.7 Å². The lowest BCUT2D eigenvalue weighted by Gasteiger charge is -2.13. The highest BCUT2D eigenvalue weighted by Crippen LogP contribution is 2.36. The summed E-state index contributed by atoms with van der Waals surface area (Å²) in [5.41, 5.74) is 0. The van der Waals surface area contributed by atoms with Crippen molar-refractivity contribution in [1.29, 1.82) is 0 Å². The molecule has 1 aliphatic heterocycles. The largest absolute Gasteiger partial charge is 0.0693 e. The topological polar surface area (TPSA) is 0 Å². The number of rotatable bonds is 1. The van der Waals surface area contributed by atoms with Crippen LogP contribution in [0.5, 0.6) is 0 Å². The van der Waals surface area contributed by atoms with Crippen molar-refractivity contribution in [2.75, 3.05) is 0 Å². The molecule has 0 nitrogen and oxygen atoms in total. The molecule has 1 rings (SSSR count). The van der Waals surface area contributed by atoms with Gasteiger partial charge in [-0.15, -0.1) is 0 Å². The zero-order chi connectivity index (χ0) is 6.91. The van der Waals surface area contributed by atoms with Crippen LogP contribution >= 0.6 is 0 Å². The summed E-state index contributed by atoms with van der Waals surface area (Å²) in [7, 11) is -0.624. The highest BCUT2D eigenvalue weighted by Gasteiger charge is 2.31. The minimum Gasteiger partial charge on any atom is -0.0693 e. The van der Waals surface area contributed by atoms with Crippen molar-refractivity contribution >= 4 is 8.07 Å². The lowest BCUT2D eigenvalue weighted by Crippen LogP contribution is -2.19. The second-order valence-corrected chi connectivity index (χ2v) is 9.42. The average Bonchev–Trinajstić information content (AvgIpc) is 2.10. The maximum Gasteiger partial charge on any atom is 0.0476 e. The third-order valence-electron chi connectivity index (χ3n) is 2.65. The molecule has 1 fully saturated rings. The van der Waals surface area contributed by atoms with Gasteiger partial charge in [0, 0.05) is 8.07 Å². The second kappa shape index (κ2) is 2.45. The van der Waals surface area contributed by atoms with Gasteiger partial charge in [-0.3, -0.25) is 0 Å². The van der Waals surface area contributed by atoms with E-state index in [1.54, 1.807) is 12.1 Å². The van der Waals surface area contributed by atoms with Crippen LogP contribution < -0.4 is 0 Å². The van der Waals surface area contributed by atoms with Crippen molar-refractivity contribution in [3.8, 4) is 0 Å². The molecule has 0 radical (unpaired) electrons. The molecule has 9 heavy (non-hydrogen) atoms. The Morgan fingerprint density at radius 1 is 1.44 bits per heavy atom. The van der Waals surface area contributed by atoms with E-state index >= 15 is 0 Å². The molecule has 0 N–H and O–H groups in total. The fourth-order valence-electron chi connectivity index (χ4n) is 1.93. The Kier molecular flexibility index (Phi) is 1.99. The third kappa shape index (κ3) is 1.82. The van der Waals surface area contributed by atoms with Gasteiger partial charge in [0.05, 0.1) is 0 Å². The predicted octanol–water partition coefficient (Wildman–Crippen LogP) is 3.12. The molecule has 1 atom stereocenters. The number of hydrogen-bond donors (Lipinski definition) is 0. The normalized spacial score (nSPS) is 33.0. The van der Waals surface area contributed by atoms with E-state index in [9.17, 15) is 0 Å². The van der Waals surface area contributed by atoms with Gasteiger partial charge in [0.1, 0.15) is 0 Å². The van der Waals surface area contributed by atoms with E-state index in [2.05, 4.69) is 20.0 Å². The van der Waals surface area contributed by atoms with E-state index in [4.69, 9.17) is 0 Å². The Hall–Kier alpha value is 0.217. The first-order chi connectivity index (χ1) is 4.14. The molecule has 0 aromatic rings. The molecule has 54 valence electrons. The molecule has 0 saturated carbocycles. The summed E-state index contributed by atoms with van der Waals surface area (Å²) in [6.07, 6.45) is 2.96. The number of hydrogen-bond acceptors (Lipinski definition) is 0. The summed E-state index contributed by atoms with van der Waals surface area (Å²) >= 11 is 0. The molecular formula is C8H18Si. The molecule has 1 aliphatic rings. The van der Waals surface area contributed by atoms with Crippen LogP contribution in [0.4, 0.5) is 0 Å². The van der Waals surface area contributed by atoms with Crippen molar-refractivity contribution in [1.82, 2.24) is 0 Å². The highest BCUT2D eigenvalue weighted by atomic mass is 28.3.